The van der Waals surface area contributed by atoms with Crippen molar-refractivity contribution in [1.29, 1.82) is 0 Å². The van der Waals surface area contributed by atoms with E-state index in [1.807, 2.05) is 11.3 Å². The van der Waals surface area contributed by atoms with Crippen molar-refractivity contribution in [1.82, 2.24) is 9.13 Å². The standard InChI is InChI=1S/C42H28N2S/c1-2-11-27(12-3-1)28-13-10-14-29(25-28)43-35-18-7-4-16-33(35)41-37(43)23-24-38-42(41)34-17-5-8-19-36(34)44(38)30-21-22-32-31-15-6-9-20-39(31)45-40(32)26-30/h1-7,9-18,20-26H,8,19H2. The Bertz CT molecular complexity index is 2650. The van der Waals surface area contributed by atoms with Gasteiger partial charge in [0.15, 0.2) is 0 Å². The molecule has 3 heteroatoms. The van der Waals surface area contributed by atoms with E-state index in [4.69, 9.17) is 0 Å². The Kier molecular flexibility index (Phi) is 5.31. The van der Waals surface area contributed by atoms with Crippen LogP contribution in [0.15, 0.2) is 140 Å². The molecule has 1 aliphatic rings. The van der Waals surface area contributed by atoms with Crippen LogP contribution in [-0.2, 0) is 6.42 Å². The lowest BCUT2D eigenvalue weighted by Gasteiger charge is -2.13. The zero-order chi connectivity index (χ0) is 29.5. The van der Waals surface area contributed by atoms with Crippen molar-refractivity contribution < 1.29 is 0 Å². The molecule has 212 valence electrons. The van der Waals surface area contributed by atoms with E-state index < -0.39 is 0 Å². The fourth-order valence-corrected chi connectivity index (χ4v) is 8.79. The Balaban J connectivity index is 1.27. The fourth-order valence-electron chi connectivity index (χ4n) is 7.65. The first-order valence-electron chi connectivity index (χ1n) is 15.7. The normalized spacial score (nSPS) is 13.1. The molecule has 0 bridgehead atoms. The molecule has 10 rings (SSSR count). The molecule has 45 heavy (non-hydrogen) atoms. The van der Waals surface area contributed by atoms with Gasteiger partial charge in [-0.05, 0) is 72.5 Å². The zero-order valence-electron chi connectivity index (χ0n) is 24.6. The second-order valence-electron chi connectivity index (χ2n) is 12.0. The van der Waals surface area contributed by atoms with Crippen LogP contribution < -0.4 is 0 Å². The Hall–Kier alpha value is -5.38. The second kappa shape index (κ2) is 9.56. The summed E-state index contributed by atoms with van der Waals surface area (Å²) in [5, 5.41) is 6.66. The first-order chi connectivity index (χ1) is 22.3. The minimum absolute atomic E-state index is 1.03. The molecule has 0 atom stereocenters. The smallest absolute Gasteiger partial charge is 0.0548 e. The number of rotatable bonds is 3. The molecular formula is C42H28N2S. The molecule has 1 aliphatic carbocycles. The number of fused-ring (bicyclic) bond motifs is 10. The molecule has 0 aliphatic heterocycles. The van der Waals surface area contributed by atoms with E-state index in [1.165, 1.54) is 86.6 Å². The lowest BCUT2D eigenvalue weighted by atomic mass is 9.99. The van der Waals surface area contributed by atoms with Crippen molar-refractivity contribution in [2.24, 2.45) is 0 Å². The minimum atomic E-state index is 1.03. The molecule has 0 fully saturated rings. The monoisotopic (exact) mass is 592 g/mol. The van der Waals surface area contributed by atoms with Crippen LogP contribution in [0, 0.1) is 0 Å². The highest BCUT2D eigenvalue weighted by atomic mass is 32.1. The van der Waals surface area contributed by atoms with Gasteiger partial charge >= 0.3 is 0 Å². The van der Waals surface area contributed by atoms with Gasteiger partial charge < -0.3 is 9.13 Å². The third-order valence-corrected chi connectivity index (χ3v) is 10.7. The molecule has 3 aromatic heterocycles. The molecule has 6 aromatic carbocycles. The number of para-hydroxylation sites is 1. The van der Waals surface area contributed by atoms with Gasteiger partial charge in [0.1, 0.15) is 0 Å². The summed E-state index contributed by atoms with van der Waals surface area (Å²) in [5.41, 5.74) is 11.4. The SMILES string of the molecule is C1=Cc2c(n(-c3ccc4c(c3)sc3ccccc34)c3ccc4c(c5ccccc5n4-c4cccc(-c5ccccc5)c4)c23)CC1. The van der Waals surface area contributed by atoms with Crippen molar-refractivity contribution in [2.45, 2.75) is 12.8 Å². The number of hydrogen-bond donors (Lipinski definition) is 0. The molecule has 2 nitrogen and oxygen atoms in total. The number of hydrogen-bond acceptors (Lipinski definition) is 1. The van der Waals surface area contributed by atoms with Gasteiger partial charge in [0.2, 0.25) is 0 Å². The third kappa shape index (κ3) is 3.62. The van der Waals surface area contributed by atoms with Crippen LogP contribution >= 0.6 is 11.3 Å². The van der Waals surface area contributed by atoms with Gasteiger partial charge in [-0.1, -0.05) is 97.1 Å². The molecular weight excluding hydrogens is 565 g/mol. The van der Waals surface area contributed by atoms with Gasteiger partial charge in [0.05, 0.1) is 16.6 Å². The minimum Gasteiger partial charge on any atom is -0.313 e. The molecule has 0 saturated heterocycles. The van der Waals surface area contributed by atoms with Crippen molar-refractivity contribution >= 4 is 70.3 Å². The van der Waals surface area contributed by atoms with Crippen molar-refractivity contribution in [2.75, 3.05) is 0 Å². The lowest BCUT2D eigenvalue weighted by Crippen LogP contribution is -2.02. The highest BCUT2D eigenvalue weighted by Crippen LogP contribution is 2.44. The largest absolute Gasteiger partial charge is 0.313 e. The Morgan fingerprint density at radius 3 is 2.13 bits per heavy atom. The summed E-state index contributed by atoms with van der Waals surface area (Å²) in [4.78, 5) is 0. The van der Waals surface area contributed by atoms with Crippen LogP contribution in [0.1, 0.15) is 17.7 Å². The van der Waals surface area contributed by atoms with Crippen molar-refractivity contribution in [3.05, 3.63) is 151 Å². The lowest BCUT2D eigenvalue weighted by molar-refractivity contribution is 0.889. The highest BCUT2D eigenvalue weighted by molar-refractivity contribution is 7.25. The van der Waals surface area contributed by atoms with Gasteiger partial charge in [-0.2, -0.15) is 0 Å². The van der Waals surface area contributed by atoms with Crippen LogP contribution in [-0.4, -0.2) is 9.13 Å². The maximum atomic E-state index is 2.54. The zero-order valence-corrected chi connectivity index (χ0v) is 25.4. The maximum Gasteiger partial charge on any atom is 0.0548 e. The van der Waals surface area contributed by atoms with Crippen LogP contribution in [0.5, 0.6) is 0 Å². The number of benzene rings is 6. The van der Waals surface area contributed by atoms with Gasteiger partial charge in [0.25, 0.3) is 0 Å². The summed E-state index contributed by atoms with van der Waals surface area (Å²) in [6.45, 7) is 0. The summed E-state index contributed by atoms with van der Waals surface area (Å²) >= 11 is 1.89. The summed E-state index contributed by atoms with van der Waals surface area (Å²) < 4.78 is 7.68. The van der Waals surface area contributed by atoms with E-state index in [2.05, 4.69) is 155 Å². The Morgan fingerprint density at radius 1 is 0.489 bits per heavy atom. The van der Waals surface area contributed by atoms with E-state index in [-0.39, 0.29) is 0 Å². The van der Waals surface area contributed by atoms with Crippen molar-refractivity contribution in [3.63, 3.8) is 0 Å². The quantitative estimate of drug-likeness (QED) is 0.193. The van der Waals surface area contributed by atoms with E-state index in [0.717, 1.165) is 12.8 Å². The molecule has 0 amide bonds. The van der Waals surface area contributed by atoms with Crippen LogP contribution in [0.4, 0.5) is 0 Å². The molecule has 0 unspecified atom stereocenters. The number of nitrogens with zero attached hydrogens (tertiary/aromatic N) is 2. The maximum absolute atomic E-state index is 2.54. The van der Waals surface area contributed by atoms with E-state index in [1.54, 1.807) is 0 Å². The molecule has 3 heterocycles. The Labute approximate surface area is 264 Å². The third-order valence-electron chi connectivity index (χ3n) is 9.57. The predicted octanol–water partition coefficient (Wildman–Crippen LogP) is 11.7. The summed E-state index contributed by atoms with van der Waals surface area (Å²) in [6.07, 6.45) is 6.82. The summed E-state index contributed by atoms with van der Waals surface area (Å²) in [6, 6.07) is 49.0. The first-order valence-corrected chi connectivity index (χ1v) is 16.5. The van der Waals surface area contributed by atoms with Crippen LogP contribution in [0.2, 0.25) is 0 Å². The number of thiophene rings is 1. The Morgan fingerprint density at radius 2 is 1.22 bits per heavy atom. The van der Waals surface area contributed by atoms with Gasteiger partial charge in [-0.25, -0.2) is 0 Å². The van der Waals surface area contributed by atoms with Gasteiger partial charge in [-0.3, -0.25) is 0 Å². The number of aromatic nitrogens is 2. The molecule has 0 saturated carbocycles. The van der Waals surface area contributed by atoms with E-state index in [0.29, 0.717) is 0 Å². The fraction of sp³-hybridized carbons (Fsp3) is 0.0476. The predicted molar refractivity (Wildman–Crippen MR) is 193 cm³/mol. The summed E-state index contributed by atoms with van der Waals surface area (Å²) in [7, 11) is 0. The topological polar surface area (TPSA) is 9.86 Å². The van der Waals surface area contributed by atoms with Crippen LogP contribution in [0.3, 0.4) is 0 Å². The van der Waals surface area contributed by atoms with Crippen molar-refractivity contribution in [3.8, 4) is 22.5 Å². The first kappa shape index (κ1) is 25.0. The van der Waals surface area contributed by atoms with Gasteiger partial charge in [-0.15, -0.1) is 11.3 Å². The van der Waals surface area contributed by atoms with E-state index in [9.17, 15) is 0 Å². The highest BCUT2D eigenvalue weighted by Gasteiger charge is 2.24. The van der Waals surface area contributed by atoms with Crippen LogP contribution in [0.25, 0.3) is 81.5 Å². The average Bonchev–Trinajstić information content (AvgIpc) is 3.76. The molecule has 0 spiro atoms. The average molecular weight is 593 g/mol. The van der Waals surface area contributed by atoms with E-state index >= 15 is 0 Å². The molecule has 0 N–H and O–H groups in total. The molecule has 9 aromatic rings. The summed E-state index contributed by atoms with van der Waals surface area (Å²) in [5.74, 6) is 0. The second-order valence-corrected chi connectivity index (χ2v) is 13.1. The molecule has 0 radical (unpaired) electrons. The van der Waals surface area contributed by atoms with Gasteiger partial charge in [0, 0.05) is 59.0 Å². The number of allylic oxidation sites excluding steroid dienone is 1.